The van der Waals surface area contributed by atoms with Gasteiger partial charge < -0.3 is 14.2 Å². The first kappa shape index (κ1) is 13.3. The van der Waals surface area contributed by atoms with Crippen molar-refractivity contribution in [3.05, 3.63) is 28.8 Å². The number of ether oxygens (including phenoxy) is 3. The molecular weight excluding hydrogens is 256 g/mol. The van der Waals surface area contributed by atoms with Gasteiger partial charge in [0, 0.05) is 5.56 Å². The number of hydrogen-bond donors (Lipinski definition) is 0. The van der Waals surface area contributed by atoms with E-state index >= 15 is 0 Å². The second-order valence-corrected chi connectivity index (χ2v) is 4.98. The molecule has 0 saturated carbocycles. The lowest BCUT2D eigenvalue weighted by atomic mass is 10.2. The highest BCUT2D eigenvalue weighted by Gasteiger charge is 2.33. The molecule has 1 saturated heterocycles. The van der Waals surface area contributed by atoms with E-state index in [1.54, 1.807) is 18.2 Å². The highest BCUT2D eigenvalue weighted by Crippen LogP contribution is 2.27. The van der Waals surface area contributed by atoms with Gasteiger partial charge in [0.15, 0.2) is 5.79 Å². The van der Waals surface area contributed by atoms with Crippen molar-refractivity contribution in [2.45, 2.75) is 25.7 Å². The van der Waals surface area contributed by atoms with Crippen LogP contribution in [0.5, 0.6) is 5.75 Å². The van der Waals surface area contributed by atoms with E-state index in [0.717, 1.165) is 6.29 Å². The summed E-state index contributed by atoms with van der Waals surface area (Å²) in [5, 5.41) is 0.415. The van der Waals surface area contributed by atoms with E-state index in [1.807, 2.05) is 13.8 Å². The highest BCUT2D eigenvalue weighted by atomic mass is 35.5. The van der Waals surface area contributed by atoms with E-state index in [4.69, 9.17) is 25.8 Å². The van der Waals surface area contributed by atoms with E-state index in [2.05, 4.69) is 0 Å². The summed E-state index contributed by atoms with van der Waals surface area (Å²) in [7, 11) is 0. The van der Waals surface area contributed by atoms with Gasteiger partial charge in [0.25, 0.3) is 0 Å². The Morgan fingerprint density at radius 3 is 2.89 bits per heavy atom. The standard InChI is InChI=1S/C13H15ClO4/c1-13(2)17-8-10(18-13)7-16-12-4-3-9(6-15)5-11(12)14/h3-6,10H,7-8H2,1-2H3/t10-/m0/s1. The lowest BCUT2D eigenvalue weighted by Crippen LogP contribution is -2.25. The SMILES string of the molecule is CC1(C)OC[C@H](COc2ccc(C=O)cc2Cl)O1. The third kappa shape index (κ3) is 3.22. The fourth-order valence-corrected chi connectivity index (χ4v) is 1.98. The lowest BCUT2D eigenvalue weighted by molar-refractivity contribution is -0.141. The maximum absolute atomic E-state index is 10.6. The number of carbonyl (C=O) groups excluding carboxylic acids is 1. The summed E-state index contributed by atoms with van der Waals surface area (Å²) in [6.45, 7) is 4.58. The summed E-state index contributed by atoms with van der Waals surface area (Å²) in [6.07, 6.45) is 0.633. The molecule has 0 amide bonds. The summed E-state index contributed by atoms with van der Waals surface area (Å²) in [6, 6.07) is 4.90. The molecular formula is C13H15ClO4. The van der Waals surface area contributed by atoms with Crippen LogP contribution in [0.25, 0.3) is 0 Å². The molecule has 4 nitrogen and oxygen atoms in total. The van der Waals surface area contributed by atoms with Crippen molar-refractivity contribution < 1.29 is 19.0 Å². The molecule has 0 spiro atoms. The maximum atomic E-state index is 10.6. The molecule has 0 N–H and O–H groups in total. The van der Waals surface area contributed by atoms with Crippen molar-refractivity contribution in [2.24, 2.45) is 0 Å². The molecule has 1 aliphatic heterocycles. The summed E-state index contributed by atoms with van der Waals surface area (Å²) < 4.78 is 16.6. The predicted molar refractivity (Wildman–Crippen MR) is 67.2 cm³/mol. The van der Waals surface area contributed by atoms with Crippen LogP contribution >= 0.6 is 11.6 Å². The number of hydrogen-bond acceptors (Lipinski definition) is 4. The predicted octanol–water partition coefficient (Wildman–Crippen LogP) is 2.68. The molecule has 1 aliphatic rings. The Bertz CT molecular complexity index is 445. The van der Waals surface area contributed by atoms with Crippen LogP contribution in [0.2, 0.25) is 5.02 Å². The number of aldehydes is 1. The monoisotopic (exact) mass is 270 g/mol. The molecule has 0 radical (unpaired) electrons. The molecule has 1 fully saturated rings. The normalized spacial score (nSPS) is 21.8. The van der Waals surface area contributed by atoms with Crippen LogP contribution in [-0.2, 0) is 9.47 Å². The Kier molecular flexibility index (Phi) is 3.90. The van der Waals surface area contributed by atoms with Crippen LogP contribution in [0.3, 0.4) is 0 Å². The van der Waals surface area contributed by atoms with Gasteiger partial charge in [0.1, 0.15) is 24.7 Å². The van der Waals surface area contributed by atoms with Crippen LogP contribution in [0, 0.1) is 0 Å². The van der Waals surface area contributed by atoms with Crippen LogP contribution in [-0.4, -0.2) is 31.4 Å². The quantitative estimate of drug-likeness (QED) is 0.789. The molecule has 0 bridgehead atoms. The second kappa shape index (κ2) is 5.26. The zero-order valence-electron chi connectivity index (χ0n) is 10.3. The highest BCUT2D eigenvalue weighted by molar-refractivity contribution is 6.32. The van der Waals surface area contributed by atoms with E-state index in [1.165, 1.54) is 0 Å². The molecule has 0 aromatic heterocycles. The van der Waals surface area contributed by atoms with Gasteiger partial charge in [-0.3, -0.25) is 4.79 Å². The Labute approximate surface area is 111 Å². The number of benzene rings is 1. The van der Waals surface area contributed by atoms with Crippen molar-refractivity contribution in [3.63, 3.8) is 0 Å². The smallest absolute Gasteiger partial charge is 0.163 e. The van der Waals surface area contributed by atoms with Gasteiger partial charge in [-0.1, -0.05) is 11.6 Å². The van der Waals surface area contributed by atoms with Gasteiger partial charge >= 0.3 is 0 Å². The van der Waals surface area contributed by atoms with Crippen molar-refractivity contribution in [1.82, 2.24) is 0 Å². The van der Waals surface area contributed by atoms with Crippen molar-refractivity contribution in [3.8, 4) is 5.75 Å². The van der Waals surface area contributed by atoms with Crippen molar-refractivity contribution in [1.29, 1.82) is 0 Å². The fourth-order valence-electron chi connectivity index (χ4n) is 1.74. The van der Waals surface area contributed by atoms with Crippen LogP contribution in [0.15, 0.2) is 18.2 Å². The Balaban J connectivity index is 1.93. The third-order valence-corrected chi connectivity index (χ3v) is 2.88. The fraction of sp³-hybridized carbons (Fsp3) is 0.462. The number of halogens is 1. The Morgan fingerprint density at radius 2 is 2.33 bits per heavy atom. The van der Waals surface area contributed by atoms with E-state index in [-0.39, 0.29) is 6.10 Å². The van der Waals surface area contributed by atoms with Gasteiger partial charge in [-0.2, -0.15) is 0 Å². The van der Waals surface area contributed by atoms with E-state index < -0.39 is 5.79 Å². The topological polar surface area (TPSA) is 44.8 Å². The molecule has 0 unspecified atom stereocenters. The molecule has 0 aliphatic carbocycles. The summed E-state index contributed by atoms with van der Waals surface area (Å²) in [4.78, 5) is 10.6. The number of carbonyl (C=O) groups is 1. The van der Waals surface area contributed by atoms with Crippen LogP contribution in [0.4, 0.5) is 0 Å². The molecule has 2 rings (SSSR count). The van der Waals surface area contributed by atoms with E-state index in [9.17, 15) is 4.79 Å². The molecule has 1 aromatic rings. The zero-order valence-corrected chi connectivity index (χ0v) is 11.1. The minimum absolute atomic E-state index is 0.109. The van der Waals surface area contributed by atoms with Gasteiger partial charge in [0.05, 0.1) is 11.6 Å². The molecule has 5 heteroatoms. The Hall–Kier alpha value is -1.10. The first-order valence-electron chi connectivity index (χ1n) is 5.69. The second-order valence-electron chi connectivity index (χ2n) is 4.57. The minimum atomic E-state index is -0.556. The van der Waals surface area contributed by atoms with Gasteiger partial charge in [-0.15, -0.1) is 0 Å². The van der Waals surface area contributed by atoms with Crippen molar-refractivity contribution >= 4 is 17.9 Å². The van der Waals surface area contributed by atoms with E-state index in [0.29, 0.717) is 29.5 Å². The Morgan fingerprint density at radius 1 is 1.56 bits per heavy atom. The zero-order chi connectivity index (χ0) is 13.2. The molecule has 1 aromatic carbocycles. The minimum Gasteiger partial charge on any atom is -0.489 e. The summed E-state index contributed by atoms with van der Waals surface area (Å²) in [5.41, 5.74) is 0.522. The lowest BCUT2D eigenvalue weighted by Gasteiger charge is -2.17. The average molecular weight is 271 g/mol. The molecule has 1 heterocycles. The largest absolute Gasteiger partial charge is 0.489 e. The van der Waals surface area contributed by atoms with Gasteiger partial charge in [0.2, 0.25) is 0 Å². The summed E-state index contributed by atoms with van der Waals surface area (Å²) in [5.74, 6) is -0.0188. The van der Waals surface area contributed by atoms with Crippen LogP contribution in [0.1, 0.15) is 24.2 Å². The number of rotatable bonds is 4. The summed E-state index contributed by atoms with van der Waals surface area (Å²) >= 11 is 5.99. The molecule has 98 valence electrons. The average Bonchev–Trinajstić information content (AvgIpc) is 2.67. The molecule has 18 heavy (non-hydrogen) atoms. The third-order valence-electron chi connectivity index (χ3n) is 2.58. The van der Waals surface area contributed by atoms with Gasteiger partial charge in [-0.25, -0.2) is 0 Å². The first-order chi connectivity index (χ1) is 8.50. The molecule has 1 atom stereocenters. The van der Waals surface area contributed by atoms with Gasteiger partial charge in [-0.05, 0) is 32.0 Å². The maximum Gasteiger partial charge on any atom is 0.163 e. The first-order valence-corrected chi connectivity index (χ1v) is 6.07. The van der Waals surface area contributed by atoms with Crippen LogP contribution < -0.4 is 4.74 Å². The van der Waals surface area contributed by atoms with Crippen molar-refractivity contribution in [2.75, 3.05) is 13.2 Å².